The Morgan fingerprint density at radius 3 is 2.50 bits per heavy atom. The maximum atomic E-state index is 4.65. The molecule has 0 aliphatic carbocycles. The summed E-state index contributed by atoms with van der Waals surface area (Å²) in [7, 11) is 4.03. The first-order chi connectivity index (χ1) is 9.51. The number of anilines is 2. The van der Waals surface area contributed by atoms with Gasteiger partial charge in [0, 0.05) is 25.0 Å². The molecule has 106 valence electrons. The predicted octanol–water partition coefficient (Wildman–Crippen LogP) is 3.49. The van der Waals surface area contributed by atoms with Gasteiger partial charge in [0.1, 0.15) is 5.82 Å². The lowest BCUT2D eigenvalue weighted by molar-refractivity contribution is 0.813. The largest absolute Gasteiger partial charge is 0.329 e. The van der Waals surface area contributed by atoms with Crippen molar-refractivity contribution in [1.82, 2.24) is 10.3 Å². The molecule has 0 saturated heterocycles. The normalized spacial score (nSPS) is 10.7. The van der Waals surface area contributed by atoms with Gasteiger partial charge in [-0.1, -0.05) is 17.7 Å². The monoisotopic (exact) mass is 269 g/mol. The Hall–Kier alpha value is -1.87. The summed E-state index contributed by atoms with van der Waals surface area (Å²) in [6, 6.07) is 10.8. The van der Waals surface area contributed by atoms with Gasteiger partial charge >= 0.3 is 0 Å². The quantitative estimate of drug-likeness (QED) is 0.921. The van der Waals surface area contributed by atoms with Gasteiger partial charge in [0.15, 0.2) is 0 Å². The fraction of sp³-hybridized carbons (Fsp3) is 0.353. The third-order valence-electron chi connectivity index (χ3n) is 3.44. The molecule has 1 heterocycles. The summed E-state index contributed by atoms with van der Waals surface area (Å²) in [5.74, 6) is 0.988. The van der Waals surface area contributed by atoms with E-state index >= 15 is 0 Å². The van der Waals surface area contributed by atoms with Crippen LogP contribution in [0.1, 0.15) is 22.4 Å². The van der Waals surface area contributed by atoms with Crippen LogP contribution in [0.15, 0.2) is 30.3 Å². The fourth-order valence-corrected chi connectivity index (χ4v) is 2.50. The smallest absolute Gasteiger partial charge is 0.133 e. The van der Waals surface area contributed by atoms with Gasteiger partial charge in [-0.25, -0.2) is 4.98 Å². The van der Waals surface area contributed by atoms with Gasteiger partial charge in [-0.05, 0) is 57.1 Å². The number of aryl methyl sites for hydroxylation is 3. The highest BCUT2D eigenvalue weighted by atomic mass is 15.2. The first-order valence-electron chi connectivity index (χ1n) is 6.94. The molecule has 20 heavy (non-hydrogen) atoms. The van der Waals surface area contributed by atoms with E-state index < -0.39 is 0 Å². The van der Waals surface area contributed by atoms with Crippen molar-refractivity contribution in [2.24, 2.45) is 0 Å². The van der Waals surface area contributed by atoms with E-state index in [2.05, 4.69) is 66.4 Å². The first kappa shape index (κ1) is 14.5. The number of hydrogen-bond donors (Lipinski definition) is 1. The maximum absolute atomic E-state index is 4.65. The minimum atomic E-state index is 0.858. The molecule has 0 amide bonds. The van der Waals surface area contributed by atoms with E-state index in [1.165, 1.54) is 22.4 Å². The molecule has 1 aromatic heterocycles. The standard InChI is InChI=1S/C17H23N3/c1-12-6-7-16(13(2)8-12)20(5)17-10-15(11-18-4)9-14(3)19-17/h6-10,18H,11H2,1-5H3. The fourth-order valence-electron chi connectivity index (χ4n) is 2.50. The van der Waals surface area contributed by atoms with E-state index in [9.17, 15) is 0 Å². The molecule has 1 aromatic carbocycles. The van der Waals surface area contributed by atoms with Crippen LogP contribution in [0.3, 0.4) is 0 Å². The second kappa shape index (κ2) is 6.06. The van der Waals surface area contributed by atoms with E-state index in [4.69, 9.17) is 0 Å². The van der Waals surface area contributed by atoms with Gasteiger partial charge in [-0.3, -0.25) is 0 Å². The Kier molecular flexibility index (Phi) is 4.40. The van der Waals surface area contributed by atoms with Crippen LogP contribution < -0.4 is 10.2 Å². The summed E-state index contributed by atoms with van der Waals surface area (Å²) in [5, 5.41) is 3.19. The van der Waals surface area contributed by atoms with Crippen LogP contribution in [0.5, 0.6) is 0 Å². The number of benzene rings is 1. The molecule has 2 rings (SSSR count). The summed E-state index contributed by atoms with van der Waals surface area (Å²) in [4.78, 5) is 6.81. The van der Waals surface area contributed by atoms with Gasteiger partial charge < -0.3 is 10.2 Å². The third kappa shape index (κ3) is 3.17. The van der Waals surface area contributed by atoms with Gasteiger partial charge in [0.2, 0.25) is 0 Å². The molecule has 0 aliphatic rings. The topological polar surface area (TPSA) is 28.2 Å². The van der Waals surface area contributed by atoms with Crippen LogP contribution in [-0.2, 0) is 6.54 Å². The van der Waals surface area contributed by atoms with Crippen molar-refractivity contribution in [3.8, 4) is 0 Å². The minimum absolute atomic E-state index is 0.858. The Morgan fingerprint density at radius 2 is 1.85 bits per heavy atom. The molecule has 3 heteroatoms. The number of rotatable bonds is 4. The first-order valence-corrected chi connectivity index (χ1v) is 6.94. The van der Waals surface area contributed by atoms with E-state index in [0.717, 1.165) is 18.1 Å². The highest BCUT2D eigenvalue weighted by Crippen LogP contribution is 2.27. The van der Waals surface area contributed by atoms with Gasteiger partial charge in [0.05, 0.1) is 0 Å². The SMILES string of the molecule is CNCc1cc(C)nc(N(C)c2ccc(C)cc2C)c1. The summed E-state index contributed by atoms with van der Waals surface area (Å²) >= 11 is 0. The molecule has 0 aliphatic heterocycles. The van der Waals surface area contributed by atoms with Crippen LogP contribution in [0.2, 0.25) is 0 Å². The van der Waals surface area contributed by atoms with Crippen LogP contribution in [0, 0.1) is 20.8 Å². The second-order valence-electron chi connectivity index (χ2n) is 5.35. The Labute approximate surface area is 121 Å². The summed E-state index contributed by atoms with van der Waals surface area (Å²) in [5.41, 5.74) is 6.05. The van der Waals surface area contributed by atoms with Crippen LogP contribution in [0.4, 0.5) is 11.5 Å². The van der Waals surface area contributed by atoms with E-state index in [1.54, 1.807) is 0 Å². The number of nitrogens with one attached hydrogen (secondary N) is 1. The van der Waals surface area contributed by atoms with E-state index in [-0.39, 0.29) is 0 Å². The van der Waals surface area contributed by atoms with Crippen molar-refractivity contribution in [1.29, 1.82) is 0 Å². The Morgan fingerprint density at radius 1 is 1.10 bits per heavy atom. The molecule has 3 nitrogen and oxygen atoms in total. The number of nitrogens with zero attached hydrogens (tertiary/aromatic N) is 2. The zero-order valence-corrected chi connectivity index (χ0v) is 13.0. The summed E-state index contributed by atoms with van der Waals surface area (Å²) in [6.07, 6.45) is 0. The Bertz CT molecular complexity index is 605. The van der Waals surface area contributed by atoms with Gasteiger partial charge in [0.25, 0.3) is 0 Å². The molecule has 1 N–H and O–H groups in total. The van der Waals surface area contributed by atoms with Crippen LogP contribution >= 0.6 is 0 Å². The van der Waals surface area contributed by atoms with Crippen molar-refractivity contribution in [3.05, 3.63) is 52.7 Å². The molecule has 0 saturated carbocycles. The predicted molar refractivity (Wildman–Crippen MR) is 85.7 cm³/mol. The molecule has 0 radical (unpaired) electrons. The van der Waals surface area contributed by atoms with E-state index in [1.807, 2.05) is 14.0 Å². The number of hydrogen-bond acceptors (Lipinski definition) is 3. The molecule has 0 unspecified atom stereocenters. The lowest BCUT2D eigenvalue weighted by Crippen LogP contribution is -2.14. The van der Waals surface area contributed by atoms with Crippen molar-refractivity contribution < 1.29 is 0 Å². The number of pyridine rings is 1. The Balaban J connectivity index is 2.39. The highest BCUT2D eigenvalue weighted by Gasteiger charge is 2.10. The average Bonchev–Trinajstić information content (AvgIpc) is 2.37. The molecular formula is C17H23N3. The van der Waals surface area contributed by atoms with Crippen molar-refractivity contribution >= 4 is 11.5 Å². The molecular weight excluding hydrogens is 246 g/mol. The molecule has 0 spiro atoms. The zero-order valence-electron chi connectivity index (χ0n) is 13.0. The lowest BCUT2D eigenvalue weighted by atomic mass is 10.1. The second-order valence-corrected chi connectivity index (χ2v) is 5.35. The molecule has 0 atom stereocenters. The lowest BCUT2D eigenvalue weighted by Gasteiger charge is -2.22. The van der Waals surface area contributed by atoms with Crippen LogP contribution in [0.25, 0.3) is 0 Å². The molecule has 0 fully saturated rings. The van der Waals surface area contributed by atoms with Gasteiger partial charge in [-0.2, -0.15) is 0 Å². The van der Waals surface area contributed by atoms with Crippen molar-refractivity contribution in [2.45, 2.75) is 27.3 Å². The van der Waals surface area contributed by atoms with Crippen LogP contribution in [-0.4, -0.2) is 19.1 Å². The zero-order chi connectivity index (χ0) is 14.7. The highest BCUT2D eigenvalue weighted by molar-refractivity contribution is 5.64. The van der Waals surface area contributed by atoms with Gasteiger partial charge in [-0.15, -0.1) is 0 Å². The summed E-state index contributed by atoms with van der Waals surface area (Å²) in [6.45, 7) is 7.16. The maximum Gasteiger partial charge on any atom is 0.133 e. The van der Waals surface area contributed by atoms with E-state index in [0.29, 0.717) is 0 Å². The summed E-state index contributed by atoms with van der Waals surface area (Å²) < 4.78 is 0. The number of aromatic nitrogens is 1. The molecule has 2 aromatic rings. The third-order valence-corrected chi connectivity index (χ3v) is 3.44. The average molecular weight is 269 g/mol. The minimum Gasteiger partial charge on any atom is -0.329 e. The molecule has 0 bridgehead atoms. The van der Waals surface area contributed by atoms with Crippen molar-refractivity contribution in [2.75, 3.05) is 19.0 Å². The van der Waals surface area contributed by atoms with Crippen molar-refractivity contribution in [3.63, 3.8) is 0 Å².